The molecule has 0 unspecified atom stereocenters. The molecule has 7 heteroatoms. The van der Waals surface area contributed by atoms with E-state index in [0.717, 1.165) is 60.6 Å². The van der Waals surface area contributed by atoms with E-state index in [1.165, 1.54) is 11.7 Å². The zero-order chi connectivity index (χ0) is 26.1. The Labute approximate surface area is 225 Å². The summed E-state index contributed by atoms with van der Waals surface area (Å²) in [6.45, 7) is 8.30. The number of aromatic nitrogens is 3. The average Bonchev–Trinajstić information content (AvgIpc) is 3.50. The molecule has 0 atom stereocenters. The molecule has 4 aromatic carbocycles. The Morgan fingerprint density at radius 1 is 0.684 bits per heavy atom. The molecule has 38 heavy (non-hydrogen) atoms. The van der Waals surface area contributed by atoms with Crippen molar-refractivity contribution >= 4 is 57.0 Å². The highest BCUT2D eigenvalue weighted by molar-refractivity contribution is 7.00. The quantitative estimate of drug-likeness (QED) is 0.187. The molecular formula is C31H26BN3O2S. The van der Waals surface area contributed by atoms with Crippen LogP contribution in [0.5, 0.6) is 0 Å². The molecule has 1 aliphatic rings. The molecule has 3 heterocycles. The van der Waals surface area contributed by atoms with E-state index in [4.69, 9.17) is 23.0 Å². The van der Waals surface area contributed by atoms with E-state index in [1.54, 1.807) is 0 Å². The minimum Gasteiger partial charge on any atom is -0.399 e. The van der Waals surface area contributed by atoms with Crippen molar-refractivity contribution in [3.63, 3.8) is 0 Å². The van der Waals surface area contributed by atoms with E-state index in [0.29, 0.717) is 0 Å². The summed E-state index contributed by atoms with van der Waals surface area (Å²) in [5.41, 5.74) is 7.14. The van der Waals surface area contributed by atoms with E-state index in [2.05, 4.69) is 100 Å². The normalized spacial score (nSPS) is 16.6. The van der Waals surface area contributed by atoms with Crippen molar-refractivity contribution in [3.05, 3.63) is 84.9 Å². The molecule has 7 rings (SSSR count). The van der Waals surface area contributed by atoms with Gasteiger partial charge in [-0.25, -0.2) is 4.98 Å². The molecule has 0 aliphatic carbocycles. The number of benzene rings is 4. The fraction of sp³-hybridized carbons (Fsp3) is 0.194. The highest BCUT2D eigenvalue weighted by Gasteiger charge is 2.51. The van der Waals surface area contributed by atoms with Crippen LogP contribution in [0.4, 0.5) is 0 Å². The lowest BCUT2D eigenvalue weighted by Crippen LogP contribution is -2.41. The Morgan fingerprint density at radius 2 is 1.34 bits per heavy atom. The van der Waals surface area contributed by atoms with Crippen LogP contribution in [0.25, 0.3) is 55.1 Å². The fourth-order valence-electron chi connectivity index (χ4n) is 5.20. The van der Waals surface area contributed by atoms with Crippen molar-refractivity contribution < 1.29 is 9.31 Å². The first-order chi connectivity index (χ1) is 18.3. The monoisotopic (exact) mass is 515 g/mol. The number of rotatable bonds is 3. The summed E-state index contributed by atoms with van der Waals surface area (Å²) in [6, 6.07) is 29.3. The minimum atomic E-state index is -0.402. The van der Waals surface area contributed by atoms with Gasteiger partial charge in [0.15, 0.2) is 0 Å². The smallest absolute Gasteiger partial charge is 0.399 e. The molecule has 1 saturated heterocycles. The maximum absolute atomic E-state index is 6.28. The van der Waals surface area contributed by atoms with E-state index >= 15 is 0 Å². The second-order valence-electron chi connectivity index (χ2n) is 10.9. The molecule has 0 bridgehead atoms. The third-order valence-electron chi connectivity index (χ3n) is 7.99. The van der Waals surface area contributed by atoms with Gasteiger partial charge in [0.05, 0.1) is 34.1 Å². The van der Waals surface area contributed by atoms with Gasteiger partial charge in [-0.05, 0) is 50.9 Å². The van der Waals surface area contributed by atoms with Gasteiger partial charge in [0.25, 0.3) is 0 Å². The molecule has 5 nitrogen and oxygen atoms in total. The van der Waals surface area contributed by atoms with Crippen LogP contribution in [0, 0.1) is 0 Å². The molecule has 186 valence electrons. The van der Waals surface area contributed by atoms with Gasteiger partial charge >= 0.3 is 7.12 Å². The molecule has 1 aliphatic heterocycles. The molecule has 0 radical (unpaired) electrons. The summed E-state index contributed by atoms with van der Waals surface area (Å²) in [5.74, 6) is 0. The second-order valence-corrected chi connectivity index (χ2v) is 11.4. The van der Waals surface area contributed by atoms with Crippen molar-refractivity contribution in [1.29, 1.82) is 0 Å². The molecule has 0 N–H and O–H groups in total. The Kier molecular flexibility index (Phi) is 5.21. The Balaban J connectivity index is 1.44. The summed E-state index contributed by atoms with van der Waals surface area (Å²) >= 11 is 1.25. The molecule has 0 saturated carbocycles. The summed E-state index contributed by atoms with van der Waals surface area (Å²) in [5, 5.41) is 3.23. The summed E-state index contributed by atoms with van der Waals surface area (Å²) in [6.07, 6.45) is 0. The Hall–Kier alpha value is -3.65. The number of nitrogens with zero attached hydrogens (tertiary/aromatic N) is 3. The zero-order valence-corrected chi connectivity index (χ0v) is 22.5. The summed E-state index contributed by atoms with van der Waals surface area (Å²) < 4.78 is 22.0. The molecule has 0 amide bonds. The van der Waals surface area contributed by atoms with Gasteiger partial charge in [0.1, 0.15) is 11.0 Å². The highest BCUT2D eigenvalue weighted by Crippen LogP contribution is 2.41. The maximum atomic E-state index is 6.28. The molecule has 0 spiro atoms. The van der Waals surface area contributed by atoms with Crippen LogP contribution in [0.15, 0.2) is 84.9 Å². The van der Waals surface area contributed by atoms with Crippen molar-refractivity contribution in [2.24, 2.45) is 0 Å². The van der Waals surface area contributed by atoms with Crippen molar-refractivity contribution in [2.45, 2.75) is 38.9 Å². The number of hydrogen-bond donors (Lipinski definition) is 0. The number of fused-ring (bicyclic) bond motifs is 5. The van der Waals surface area contributed by atoms with Gasteiger partial charge in [0.2, 0.25) is 0 Å². The Morgan fingerprint density at radius 3 is 2.08 bits per heavy atom. The predicted molar refractivity (Wildman–Crippen MR) is 157 cm³/mol. The topological polar surface area (TPSA) is 57.1 Å². The van der Waals surface area contributed by atoms with Gasteiger partial charge in [0, 0.05) is 27.3 Å². The molecule has 6 aromatic rings. The highest BCUT2D eigenvalue weighted by atomic mass is 32.1. The number of pyridine rings is 1. The Bertz CT molecular complexity index is 1820. The lowest BCUT2D eigenvalue weighted by atomic mass is 9.78. The first-order valence-electron chi connectivity index (χ1n) is 12.8. The van der Waals surface area contributed by atoms with Gasteiger partial charge < -0.3 is 9.31 Å². The van der Waals surface area contributed by atoms with E-state index in [9.17, 15) is 0 Å². The van der Waals surface area contributed by atoms with Crippen LogP contribution in [0.1, 0.15) is 27.7 Å². The number of hydrogen-bond acceptors (Lipinski definition) is 6. The van der Waals surface area contributed by atoms with Crippen molar-refractivity contribution in [2.75, 3.05) is 0 Å². The van der Waals surface area contributed by atoms with Crippen LogP contribution in [0.3, 0.4) is 0 Å². The summed E-state index contributed by atoms with van der Waals surface area (Å²) in [7, 11) is -0.402. The molecule has 1 fully saturated rings. The molecule has 2 aromatic heterocycles. The second kappa shape index (κ2) is 8.43. The zero-order valence-electron chi connectivity index (χ0n) is 21.7. The van der Waals surface area contributed by atoms with Gasteiger partial charge in [-0.15, -0.1) is 0 Å². The first-order valence-corrected chi connectivity index (χ1v) is 13.5. The molecular weight excluding hydrogens is 489 g/mol. The standard InChI is InChI=1S/C31H26BN3O2S/c1-30(2)31(3,4)37-32(36-30)21-16-14-20(15-17-21)27-24-18-23(19-10-6-5-7-11-19)28-29(35-38-34-28)26(24)22-12-8-9-13-25(22)33-27/h5-18H,1-4H3. The van der Waals surface area contributed by atoms with E-state index in [-0.39, 0.29) is 11.2 Å². The summed E-state index contributed by atoms with van der Waals surface area (Å²) in [4.78, 5) is 5.17. The van der Waals surface area contributed by atoms with Gasteiger partial charge in [-0.1, -0.05) is 72.8 Å². The maximum Gasteiger partial charge on any atom is 0.494 e. The van der Waals surface area contributed by atoms with Gasteiger partial charge in [-0.2, -0.15) is 8.75 Å². The van der Waals surface area contributed by atoms with Gasteiger partial charge in [-0.3, -0.25) is 0 Å². The third kappa shape index (κ3) is 3.57. The van der Waals surface area contributed by atoms with E-state index < -0.39 is 7.12 Å². The van der Waals surface area contributed by atoms with Crippen LogP contribution in [-0.4, -0.2) is 32.1 Å². The van der Waals surface area contributed by atoms with Crippen molar-refractivity contribution in [1.82, 2.24) is 13.7 Å². The van der Waals surface area contributed by atoms with Crippen LogP contribution < -0.4 is 5.46 Å². The average molecular weight is 515 g/mol. The van der Waals surface area contributed by atoms with Crippen LogP contribution in [-0.2, 0) is 9.31 Å². The largest absolute Gasteiger partial charge is 0.494 e. The third-order valence-corrected chi connectivity index (χ3v) is 8.52. The van der Waals surface area contributed by atoms with Crippen LogP contribution >= 0.6 is 11.7 Å². The lowest BCUT2D eigenvalue weighted by molar-refractivity contribution is 0.00578. The lowest BCUT2D eigenvalue weighted by Gasteiger charge is -2.32. The minimum absolute atomic E-state index is 0.382. The van der Waals surface area contributed by atoms with E-state index in [1.807, 2.05) is 12.1 Å². The SMILES string of the molecule is CC1(C)OB(c2ccc(-c3nc4ccccc4c4c3cc(-c3ccccc3)c3nsnc34)cc2)OC1(C)C. The first kappa shape index (κ1) is 23.5. The fourth-order valence-corrected chi connectivity index (χ4v) is 5.77. The van der Waals surface area contributed by atoms with Crippen LogP contribution in [0.2, 0.25) is 0 Å². The number of para-hydroxylation sites is 1. The predicted octanol–water partition coefficient (Wildman–Crippen LogP) is 7.03. The van der Waals surface area contributed by atoms with Crippen molar-refractivity contribution in [3.8, 4) is 22.4 Å².